The number of fused-ring (bicyclic) bond motifs is 1. The summed E-state index contributed by atoms with van der Waals surface area (Å²) in [5, 5.41) is 0. The van der Waals surface area contributed by atoms with E-state index >= 15 is 0 Å². The molecule has 1 aromatic rings. The van der Waals surface area contributed by atoms with Gasteiger partial charge in [-0.1, -0.05) is 31.0 Å². The van der Waals surface area contributed by atoms with Crippen molar-refractivity contribution in [1.29, 1.82) is 0 Å². The number of sulfonamides is 1. The number of nitrogens with zero attached hydrogens (tertiary/aromatic N) is 1. The van der Waals surface area contributed by atoms with Crippen molar-refractivity contribution in [3.63, 3.8) is 0 Å². The van der Waals surface area contributed by atoms with Gasteiger partial charge in [0.1, 0.15) is 0 Å². The van der Waals surface area contributed by atoms with Gasteiger partial charge in [0, 0.05) is 6.54 Å². The zero-order chi connectivity index (χ0) is 13.3. The second-order valence-corrected chi connectivity index (χ2v) is 7.08. The predicted octanol–water partition coefficient (Wildman–Crippen LogP) is 2.02. The van der Waals surface area contributed by atoms with Crippen molar-refractivity contribution in [3.8, 4) is 0 Å². The summed E-state index contributed by atoms with van der Waals surface area (Å²) < 4.78 is 32.8. The van der Waals surface area contributed by atoms with Crippen LogP contribution in [0, 0.1) is 0 Å². The van der Waals surface area contributed by atoms with Crippen LogP contribution in [0.25, 0.3) is 0 Å². The van der Waals surface area contributed by atoms with Gasteiger partial charge < -0.3 is 4.74 Å². The summed E-state index contributed by atoms with van der Waals surface area (Å²) >= 11 is 0. The molecule has 0 spiro atoms. The molecule has 0 radical (unpaired) electrons. The van der Waals surface area contributed by atoms with Crippen molar-refractivity contribution in [3.05, 3.63) is 30.3 Å². The summed E-state index contributed by atoms with van der Waals surface area (Å²) in [7, 11) is -3.38. The minimum Gasteiger partial charge on any atom is -0.375 e. The van der Waals surface area contributed by atoms with Crippen molar-refractivity contribution < 1.29 is 13.2 Å². The molecule has 1 saturated carbocycles. The van der Waals surface area contributed by atoms with E-state index in [-0.39, 0.29) is 12.1 Å². The fourth-order valence-corrected chi connectivity index (χ4v) is 4.77. The van der Waals surface area contributed by atoms with Crippen LogP contribution in [0.1, 0.15) is 25.7 Å². The molecule has 1 heterocycles. The number of rotatable bonds is 2. The first kappa shape index (κ1) is 13.1. The van der Waals surface area contributed by atoms with Crippen LogP contribution in [-0.2, 0) is 14.8 Å². The van der Waals surface area contributed by atoms with Gasteiger partial charge in [0.2, 0.25) is 10.0 Å². The number of benzene rings is 1. The van der Waals surface area contributed by atoms with Crippen molar-refractivity contribution in [1.82, 2.24) is 4.31 Å². The van der Waals surface area contributed by atoms with Gasteiger partial charge in [-0.15, -0.1) is 0 Å². The third kappa shape index (κ3) is 2.42. The van der Waals surface area contributed by atoms with Crippen LogP contribution < -0.4 is 0 Å². The van der Waals surface area contributed by atoms with E-state index in [1.54, 1.807) is 28.6 Å². The average Bonchev–Trinajstić information content (AvgIpc) is 2.47. The fourth-order valence-electron chi connectivity index (χ4n) is 3.09. The maximum absolute atomic E-state index is 12.7. The first-order valence-corrected chi connectivity index (χ1v) is 8.32. The SMILES string of the molecule is O=S(=O)(c1ccccc1)N1CCO[C@@H]2CCCC[C@H]21. The number of ether oxygens (including phenoxy) is 1. The van der Waals surface area contributed by atoms with Crippen LogP contribution in [-0.4, -0.2) is 38.0 Å². The molecule has 4 nitrogen and oxygen atoms in total. The number of hydrogen-bond acceptors (Lipinski definition) is 3. The van der Waals surface area contributed by atoms with Gasteiger partial charge >= 0.3 is 0 Å². The lowest BCUT2D eigenvalue weighted by Gasteiger charge is -2.42. The van der Waals surface area contributed by atoms with Crippen LogP contribution >= 0.6 is 0 Å². The molecule has 1 aromatic carbocycles. The Morgan fingerprint density at radius 1 is 1.11 bits per heavy atom. The van der Waals surface area contributed by atoms with Crippen LogP contribution in [0.3, 0.4) is 0 Å². The first-order chi connectivity index (χ1) is 9.19. The molecule has 2 fully saturated rings. The van der Waals surface area contributed by atoms with Crippen molar-refractivity contribution in [2.24, 2.45) is 0 Å². The van der Waals surface area contributed by atoms with Gasteiger partial charge in [0.05, 0.1) is 23.6 Å². The Kier molecular flexibility index (Phi) is 3.60. The largest absolute Gasteiger partial charge is 0.375 e. The Labute approximate surface area is 114 Å². The van der Waals surface area contributed by atoms with E-state index in [0.29, 0.717) is 18.0 Å². The van der Waals surface area contributed by atoms with Crippen molar-refractivity contribution in [2.75, 3.05) is 13.2 Å². The quantitative estimate of drug-likeness (QED) is 0.833. The summed E-state index contributed by atoms with van der Waals surface area (Å²) in [5.41, 5.74) is 0. The lowest BCUT2D eigenvalue weighted by molar-refractivity contribution is -0.0586. The monoisotopic (exact) mass is 281 g/mol. The van der Waals surface area contributed by atoms with Gasteiger partial charge in [0.25, 0.3) is 0 Å². The maximum Gasteiger partial charge on any atom is 0.243 e. The summed E-state index contributed by atoms with van der Waals surface area (Å²) in [6, 6.07) is 8.73. The molecule has 104 valence electrons. The molecule has 0 unspecified atom stereocenters. The molecule has 0 aromatic heterocycles. The Bertz CT molecular complexity index is 527. The lowest BCUT2D eigenvalue weighted by atomic mass is 9.91. The van der Waals surface area contributed by atoms with E-state index < -0.39 is 10.0 Å². The molecule has 2 aliphatic rings. The average molecular weight is 281 g/mol. The highest BCUT2D eigenvalue weighted by molar-refractivity contribution is 7.89. The third-order valence-electron chi connectivity index (χ3n) is 4.03. The highest BCUT2D eigenvalue weighted by Crippen LogP contribution is 2.32. The molecule has 0 N–H and O–H groups in total. The standard InChI is InChI=1S/C14H19NO3S/c16-19(17,12-6-2-1-3-7-12)15-10-11-18-14-9-5-4-8-13(14)15/h1-3,6-7,13-14H,4-5,8-11H2/t13-,14-/m1/s1. The van der Waals surface area contributed by atoms with E-state index in [2.05, 4.69) is 0 Å². The smallest absolute Gasteiger partial charge is 0.243 e. The third-order valence-corrected chi connectivity index (χ3v) is 5.97. The van der Waals surface area contributed by atoms with Crippen molar-refractivity contribution >= 4 is 10.0 Å². The topological polar surface area (TPSA) is 46.6 Å². The maximum atomic E-state index is 12.7. The van der Waals surface area contributed by atoms with E-state index in [4.69, 9.17) is 4.74 Å². The van der Waals surface area contributed by atoms with Gasteiger partial charge in [-0.05, 0) is 25.0 Å². The van der Waals surface area contributed by atoms with E-state index in [0.717, 1.165) is 25.7 Å². The Morgan fingerprint density at radius 3 is 2.63 bits per heavy atom. The molecule has 2 atom stereocenters. The van der Waals surface area contributed by atoms with Gasteiger partial charge in [-0.3, -0.25) is 0 Å². The normalized spacial score (nSPS) is 28.8. The second kappa shape index (κ2) is 5.23. The molecule has 3 rings (SSSR count). The molecule has 1 saturated heterocycles. The molecular weight excluding hydrogens is 262 g/mol. The second-order valence-electron chi connectivity index (χ2n) is 5.19. The van der Waals surface area contributed by atoms with E-state index in [9.17, 15) is 8.42 Å². The van der Waals surface area contributed by atoms with Crippen LogP contribution in [0.2, 0.25) is 0 Å². The zero-order valence-electron chi connectivity index (χ0n) is 10.9. The van der Waals surface area contributed by atoms with E-state index in [1.807, 2.05) is 6.07 Å². The van der Waals surface area contributed by atoms with Gasteiger partial charge in [-0.25, -0.2) is 8.42 Å². The minimum atomic E-state index is -3.38. The fraction of sp³-hybridized carbons (Fsp3) is 0.571. The van der Waals surface area contributed by atoms with E-state index in [1.165, 1.54) is 0 Å². The zero-order valence-corrected chi connectivity index (χ0v) is 11.7. The van der Waals surface area contributed by atoms with Gasteiger partial charge in [0.15, 0.2) is 0 Å². The summed E-state index contributed by atoms with van der Waals surface area (Å²) in [4.78, 5) is 0.390. The van der Waals surface area contributed by atoms with Crippen LogP contribution in [0.5, 0.6) is 0 Å². The molecule has 5 heteroatoms. The molecule has 19 heavy (non-hydrogen) atoms. The highest BCUT2D eigenvalue weighted by atomic mass is 32.2. The molecule has 1 aliphatic carbocycles. The number of hydrogen-bond donors (Lipinski definition) is 0. The van der Waals surface area contributed by atoms with Gasteiger partial charge in [-0.2, -0.15) is 4.31 Å². The summed E-state index contributed by atoms with van der Waals surface area (Å²) in [6.07, 6.45) is 4.20. The highest BCUT2D eigenvalue weighted by Gasteiger charge is 2.40. The minimum absolute atomic E-state index is 0.0210. The molecular formula is C14H19NO3S. The molecule has 0 bridgehead atoms. The Hall–Kier alpha value is -0.910. The summed E-state index contributed by atoms with van der Waals surface area (Å²) in [6.45, 7) is 0.978. The number of morpholine rings is 1. The Balaban J connectivity index is 1.91. The van der Waals surface area contributed by atoms with Crippen LogP contribution in [0.15, 0.2) is 35.2 Å². The lowest BCUT2D eigenvalue weighted by Crippen LogP contribution is -2.54. The molecule has 0 amide bonds. The van der Waals surface area contributed by atoms with Crippen LogP contribution in [0.4, 0.5) is 0 Å². The predicted molar refractivity (Wildman–Crippen MR) is 72.3 cm³/mol. The first-order valence-electron chi connectivity index (χ1n) is 6.88. The summed E-state index contributed by atoms with van der Waals surface area (Å²) in [5.74, 6) is 0. The molecule has 1 aliphatic heterocycles. The Morgan fingerprint density at radius 2 is 1.84 bits per heavy atom. The van der Waals surface area contributed by atoms with Crippen molar-refractivity contribution in [2.45, 2.75) is 42.7 Å².